The molecule has 2 aromatic carbocycles. The molecular formula is C20H24N2O4S. The zero-order valence-corrected chi connectivity index (χ0v) is 16.4. The predicted octanol–water partition coefficient (Wildman–Crippen LogP) is 3.43. The number of anilines is 1. The molecule has 6 nitrogen and oxygen atoms in total. The van der Waals surface area contributed by atoms with Crippen LogP contribution in [0.3, 0.4) is 0 Å². The maximum atomic E-state index is 12.8. The molecule has 0 aliphatic carbocycles. The van der Waals surface area contributed by atoms with Gasteiger partial charge in [0.2, 0.25) is 10.0 Å². The molecule has 27 heavy (non-hydrogen) atoms. The Morgan fingerprint density at radius 1 is 1.15 bits per heavy atom. The Morgan fingerprint density at radius 3 is 2.59 bits per heavy atom. The zero-order chi connectivity index (χ0) is 19.4. The lowest BCUT2D eigenvalue weighted by Gasteiger charge is -2.17. The number of carbonyl (C=O) groups is 1. The second kappa shape index (κ2) is 8.10. The van der Waals surface area contributed by atoms with Gasteiger partial charge in [-0.1, -0.05) is 12.1 Å². The van der Waals surface area contributed by atoms with Crippen molar-refractivity contribution in [2.75, 3.05) is 25.0 Å². The first kappa shape index (κ1) is 19.4. The van der Waals surface area contributed by atoms with Crippen molar-refractivity contribution in [3.8, 4) is 5.75 Å². The van der Waals surface area contributed by atoms with Crippen LogP contribution in [0, 0.1) is 6.92 Å². The maximum Gasteiger partial charge on any atom is 0.255 e. The molecule has 1 aliphatic heterocycles. The van der Waals surface area contributed by atoms with Crippen molar-refractivity contribution in [3.05, 3.63) is 53.6 Å². The van der Waals surface area contributed by atoms with Gasteiger partial charge in [-0.3, -0.25) is 4.79 Å². The fourth-order valence-corrected chi connectivity index (χ4v) is 4.66. The Morgan fingerprint density at radius 2 is 1.89 bits per heavy atom. The molecule has 0 spiro atoms. The second-order valence-corrected chi connectivity index (χ2v) is 8.44. The number of sulfonamides is 1. The lowest BCUT2D eigenvalue weighted by Crippen LogP contribution is -2.28. The molecule has 0 saturated carbocycles. The van der Waals surface area contributed by atoms with E-state index in [9.17, 15) is 13.2 Å². The topological polar surface area (TPSA) is 75.7 Å². The number of carbonyl (C=O) groups excluding carboxylic acids is 1. The van der Waals surface area contributed by atoms with Crippen LogP contribution in [0.25, 0.3) is 0 Å². The number of amides is 1. The van der Waals surface area contributed by atoms with Crippen LogP contribution in [0.1, 0.15) is 35.7 Å². The van der Waals surface area contributed by atoms with Gasteiger partial charge in [0.15, 0.2) is 0 Å². The third-order valence-corrected chi connectivity index (χ3v) is 6.45. The number of nitrogens with zero attached hydrogens (tertiary/aromatic N) is 1. The highest BCUT2D eigenvalue weighted by Gasteiger charge is 2.28. The van der Waals surface area contributed by atoms with Gasteiger partial charge in [-0.2, -0.15) is 4.31 Å². The summed E-state index contributed by atoms with van der Waals surface area (Å²) in [6, 6.07) is 11.8. The average Bonchev–Trinajstić information content (AvgIpc) is 3.18. The minimum absolute atomic E-state index is 0.156. The smallest absolute Gasteiger partial charge is 0.255 e. The van der Waals surface area contributed by atoms with Crippen molar-refractivity contribution in [2.45, 2.75) is 31.6 Å². The zero-order valence-electron chi connectivity index (χ0n) is 15.6. The predicted molar refractivity (Wildman–Crippen MR) is 105 cm³/mol. The van der Waals surface area contributed by atoms with Crippen molar-refractivity contribution in [1.82, 2.24) is 4.31 Å². The van der Waals surface area contributed by atoms with Crippen LogP contribution < -0.4 is 10.1 Å². The SMILES string of the molecule is CCOc1cccc(NC(=O)c2cc(S(=O)(=O)N3CCCC3)ccc2C)c1. The molecule has 1 heterocycles. The van der Waals surface area contributed by atoms with Gasteiger partial charge >= 0.3 is 0 Å². The fourth-order valence-electron chi connectivity index (χ4n) is 3.11. The van der Waals surface area contributed by atoms with E-state index in [1.807, 2.05) is 13.0 Å². The maximum absolute atomic E-state index is 12.8. The Hall–Kier alpha value is -2.38. The van der Waals surface area contributed by atoms with Crippen LogP contribution in [0.15, 0.2) is 47.4 Å². The molecule has 1 amide bonds. The van der Waals surface area contributed by atoms with Crippen LogP contribution in [0.4, 0.5) is 5.69 Å². The van der Waals surface area contributed by atoms with Gasteiger partial charge in [0, 0.05) is 30.4 Å². The molecule has 1 fully saturated rings. The van der Waals surface area contributed by atoms with E-state index >= 15 is 0 Å². The summed E-state index contributed by atoms with van der Waals surface area (Å²) in [4.78, 5) is 12.9. The molecule has 1 aliphatic rings. The third kappa shape index (κ3) is 4.31. The van der Waals surface area contributed by atoms with Crippen molar-refractivity contribution in [1.29, 1.82) is 0 Å². The lowest BCUT2D eigenvalue weighted by atomic mass is 10.1. The van der Waals surface area contributed by atoms with Gasteiger partial charge < -0.3 is 10.1 Å². The quantitative estimate of drug-likeness (QED) is 0.823. The summed E-state index contributed by atoms with van der Waals surface area (Å²) in [5.41, 5.74) is 1.66. The number of aryl methyl sites for hydroxylation is 1. The van der Waals surface area contributed by atoms with E-state index in [0.29, 0.717) is 42.3 Å². The molecule has 3 rings (SSSR count). The van der Waals surface area contributed by atoms with Gasteiger partial charge in [0.25, 0.3) is 5.91 Å². The highest BCUT2D eigenvalue weighted by atomic mass is 32.2. The van der Waals surface area contributed by atoms with E-state index in [0.717, 1.165) is 12.8 Å². The number of hydrogen-bond donors (Lipinski definition) is 1. The van der Waals surface area contributed by atoms with Crippen LogP contribution in [-0.2, 0) is 10.0 Å². The number of benzene rings is 2. The summed E-state index contributed by atoms with van der Waals surface area (Å²) in [7, 11) is -3.57. The van der Waals surface area contributed by atoms with Crippen molar-refractivity contribution >= 4 is 21.6 Å². The standard InChI is InChI=1S/C20H24N2O4S/c1-3-26-17-8-6-7-16(13-17)21-20(23)19-14-18(10-9-15(19)2)27(24,25)22-11-4-5-12-22/h6-10,13-14H,3-5,11-12H2,1-2H3,(H,21,23). The van der Waals surface area contributed by atoms with Crippen LogP contribution >= 0.6 is 0 Å². The van der Waals surface area contributed by atoms with Crippen LogP contribution in [-0.4, -0.2) is 38.3 Å². The van der Waals surface area contributed by atoms with Crippen molar-refractivity contribution in [3.63, 3.8) is 0 Å². The molecule has 2 aromatic rings. The van der Waals surface area contributed by atoms with Crippen LogP contribution in [0.5, 0.6) is 5.75 Å². The van der Waals surface area contributed by atoms with Gasteiger partial charge in [-0.15, -0.1) is 0 Å². The van der Waals surface area contributed by atoms with Crippen molar-refractivity contribution < 1.29 is 17.9 Å². The second-order valence-electron chi connectivity index (χ2n) is 6.50. The van der Waals surface area contributed by atoms with E-state index in [1.165, 1.54) is 10.4 Å². The number of hydrogen-bond acceptors (Lipinski definition) is 4. The molecule has 1 saturated heterocycles. The molecule has 0 bridgehead atoms. The van der Waals surface area contributed by atoms with Crippen molar-refractivity contribution in [2.24, 2.45) is 0 Å². The first-order chi connectivity index (χ1) is 12.9. The Kier molecular flexibility index (Phi) is 5.82. The average molecular weight is 388 g/mol. The first-order valence-electron chi connectivity index (χ1n) is 9.07. The first-order valence-corrected chi connectivity index (χ1v) is 10.5. The summed E-state index contributed by atoms with van der Waals surface area (Å²) in [5.74, 6) is 0.317. The summed E-state index contributed by atoms with van der Waals surface area (Å²) in [5, 5.41) is 2.82. The number of ether oxygens (including phenoxy) is 1. The highest BCUT2D eigenvalue weighted by molar-refractivity contribution is 7.89. The van der Waals surface area contributed by atoms with Gasteiger partial charge in [0.1, 0.15) is 5.75 Å². The van der Waals surface area contributed by atoms with E-state index in [2.05, 4.69) is 5.32 Å². The molecule has 0 atom stereocenters. The van der Waals surface area contributed by atoms with E-state index in [4.69, 9.17) is 4.74 Å². The lowest BCUT2D eigenvalue weighted by molar-refractivity contribution is 0.102. The van der Waals surface area contributed by atoms with E-state index in [1.54, 1.807) is 37.3 Å². The minimum Gasteiger partial charge on any atom is -0.494 e. The van der Waals surface area contributed by atoms with Gasteiger partial charge in [-0.25, -0.2) is 8.42 Å². The summed E-state index contributed by atoms with van der Waals surface area (Å²) in [6.07, 6.45) is 1.74. The number of rotatable bonds is 6. The summed E-state index contributed by atoms with van der Waals surface area (Å²) in [6.45, 7) is 5.27. The molecule has 1 N–H and O–H groups in total. The molecular weight excluding hydrogens is 364 g/mol. The fraction of sp³-hybridized carbons (Fsp3) is 0.350. The van der Waals surface area contributed by atoms with E-state index in [-0.39, 0.29) is 10.8 Å². The highest BCUT2D eigenvalue weighted by Crippen LogP contribution is 2.24. The monoisotopic (exact) mass is 388 g/mol. The van der Waals surface area contributed by atoms with Gasteiger partial charge in [-0.05, 0) is 56.5 Å². The Labute approximate surface area is 160 Å². The van der Waals surface area contributed by atoms with E-state index < -0.39 is 10.0 Å². The molecule has 0 aromatic heterocycles. The molecule has 144 valence electrons. The molecule has 0 unspecified atom stereocenters. The Balaban J connectivity index is 1.85. The Bertz CT molecular complexity index is 935. The van der Waals surface area contributed by atoms with Gasteiger partial charge in [0.05, 0.1) is 11.5 Å². The third-order valence-electron chi connectivity index (χ3n) is 4.56. The summed E-state index contributed by atoms with van der Waals surface area (Å²) < 4.78 is 32.5. The molecule has 7 heteroatoms. The van der Waals surface area contributed by atoms with Crippen LogP contribution in [0.2, 0.25) is 0 Å². The normalized spacial score (nSPS) is 14.9. The minimum atomic E-state index is -3.57. The summed E-state index contributed by atoms with van der Waals surface area (Å²) >= 11 is 0. The number of nitrogens with one attached hydrogen (secondary N) is 1. The largest absolute Gasteiger partial charge is 0.494 e. The molecule has 0 radical (unpaired) electrons.